The van der Waals surface area contributed by atoms with Gasteiger partial charge in [-0.05, 0) is 29.0 Å². The Balaban J connectivity index is 1.62. The van der Waals surface area contributed by atoms with E-state index in [1.807, 2.05) is 6.20 Å². The fourth-order valence-corrected chi connectivity index (χ4v) is 3.26. The summed E-state index contributed by atoms with van der Waals surface area (Å²) >= 11 is 0. The van der Waals surface area contributed by atoms with E-state index in [0.717, 1.165) is 38.4 Å². The minimum Gasteiger partial charge on any atom is -0.369 e. The Morgan fingerprint density at radius 1 is 1.08 bits per heavy atom. The Bertz CT molecular complexity index is 631. The van der Waals surface area contributed by atoms with Gasteiger partial charge in [-0.2, -0.15) is 0 Å². The van der Waals surface area contributed by atoms with Crippen LogP contribution in [0.25, 0.3) is 0 Å². The number of ether oxygens (including phenoxy) is 1. The fourth-order valence-electron chi connectivity index (χ4n) is 3.26. The van der Waals surface area contributed by atoms with Gasteiger partial charge < -0.3 is 4.74 Å². The van der Waals surface area contributed by atoms with Gasteiger partial charge in [0.2, 0.25) is 0 Å². The first kappa shape index (κ1) is 17.1. The summed E-state index contributed by atoms with van der Waals surface area (Å²) in [5, 5.41) is 0. The molecule has 0 N–H and O–H groups in total. The van der Waals surface area contributed by atoms with E-state index in [-0.39, 0.29) is 6.10 Å². The van der Waals surface area contributed by atoms with Crippen LogP contribution in [-0.4, -0.2) is 36.1 Å². The Kier molecular flexibility index (Phi) is 5.32. The summed E-state index contributed by atoms with van der Waals surface area (Å²) in [6.07, 6.45) is 3.01. The lowest BCUT2D eigenvalue weighted by atomic mass is 9.95. The highest BCUT2D eigenvalue weighted by Crippen LogP contribution is 2.24. The third-order valence-corrected chi connectivity index (χ3v) is 4.28. The quantitative estimate of drug-likeness (QED) is 0.847. The van der Waals surface area contributed by atoms with Gasteiger partial charge in [-0.1, -0.05) is 57.2 Å². The van der Waals surface area contributed by atoms with Crippen LogP contribution >= 0.6 is 0 Å². The van der Waals surface area contributed by atoms with Crippen molar-refractivity contribution in [3.8, 4) is 0 Å². The second-order valence-electron chi connectivity index (χ2n) is 7.91. The molecule has 0 unspecified atom stereocenters. The highest BCUT2D eigenvalue weighted by molar-refractivity contribution is 5.25. The average molecular weight is 324 g/mol. The average Bonchev–Trinajstić information content (AvgIpc) is 2.55. The Morgan fingerprint density at radius 2 is 1.88 bits per heavy atom. The largest absolute Gasteiger partial charge is 0.369 e. The van der Waals surface area contributed by atoms with Crippen LogP contribution in [0.2, 0.25) is 0 Å². The van der Waals surface area contributed by atoms with Crippen molar-refractivity contribution >= 4 is 0 Å². The van der Waals surface area contributed by atoms with E-state index in [0.29, 0.717) is 5.41 Å². The maximum atomic E-state index is 5.96. The van der Waals surface area contributed by atoms with Crippen LogP contribution in [0.3, 0.4) is 0 Å². The van der Waals surface area contributed by atoms with Crippen molar-refractivity contribution in [1.29, 1.82) is 0 Å². The zero-order chi connectivity index (χ0) is 17.0. The minimum absolute atomic E-state index is 0.0897. The molecule has 1 aliphatic rings. The molecule has 1 atom stereocenters. The molecule has 3 rings (SSSR count). The summed E-state index contributed by atoms with van der Waals surface area (Å²) in [7, 11) is 0. The molecule has 1 aromatic heterocycles. The number of aromatic nitrogens is 1. The summed E-state index contributed by atoms with van der Waals surface area (Å²) < 4.78 is 5.96. The van der Waals surface area contributed by atoms with Gasteiger partial charge in [0, 0.05) is 25.8 Å². The first-order valence-corrected chi connectivity index (χ1v) is 8.82. The molecule has 3 heteroatoms. The zero-order valence-electron chi connectivity index (χ0n) is 15.0. The van der Waals surface area contributed by atoms with Crippen molar-refractivity contribution in [3.63, 3.8) is 0 Å². The highest BCUT2D eigenvalue weighted by Gasteiger charge is 2.25. The predicted molar refractivity (Wildman–Crippen MR) is 98.1 cm³/mol. The molecule has 1 saturated heterocycles. The van der Waals surface area contributed by atoms with Crippen LogP contribution in [0.4, 0.5) is 0 Å². The third kappa shape index (κ3) is 4.89. The summed E-state index contributed by atoms with van der Waals surface area (Å²) in [6, 6.07) is 14.8. The van der Waals surface area contributed by atoms with Crippen LogP contribution in [0, 0.1) is 5.41 Å². The minimum atomic E-state index is 0.0897. The van der Waals surface area contributed by atoms with E-state index in [2.05, 4.69) is 73.1 Å². The topological polar surface area (TPSA) is 25.4 Å². The number of hydrogen-bond donors (Lipinski definition) is 0. The second kappa shape index (κ2) is 7.45. The first-order chi connectivity index (χ1) is 11.5. The number of morpholine rings is 1. The summed E-state index contributed by atoms with van der Waals surface area (Å²) in [4.78, 5) is 7.17. The van der Waals surface area contributed by atoms with Gasteiger partial charge in [0.05, 0.1) is 12.3 Å². The van der Waals surface area contributed by atoms with E-state index in [4.69, 9.17) is 4.74 Å². The molecule has 0 bridgehead atoms. The molecule has 1 aliphatic heterocycles. The smallest absolute Gasteiger partial charge is 0.112 e. The van der Waals surface area contributed by atoms with E-state index in [9.17, 15) is 0 Å². The molecule has 1 fully saturated rings. The second-order valence-corrected chi connectivity index (χ2v) is 7.91. The molecule has 0 radical (unpaired) electrons. The van der Waals surface area contributed by atoms with Crippen molar-refractivity contribution < 1.29 is 4.74 Å². The number of hydrogen-bond acceptors (Lipinski definition) is 3. The van der Waals surface area contributed by atoms with Crippen LogP contribution in [0.15, 0.2) is 48.7 Å². The predicted octanol–water partition coefficient (Wildman–Crippen LogP) is 4.09. The Labute approximate surface area is 145 Å². The van der Waals surface area contributed by atoms with Crippen molar-refractivity contribution in [2.45, 2.75) is 33.3 Å². The lowest BCUT2D eigenvalue weighted by Crippen LogP contribution is -2.42. The van der Waals surface area contributed by atoms with Gasteiger partial charge in [0.15, 0.2) is 0 Å². The maximum absolute atomic E-state index is 5.96. The lowest BCUT2D eigenvalue weighted by Gasteiger charge is -2.36. The highest BCUT2D eigenvalue weighted by atomic mass is 16.5. The number of pyridine rings is 1. The zero-order valence-corrected chi connectivity index (χ0v) is 15.0. The van der Waals surface area contributed by atoms with Gasteiger partial charge in [-0.25, -0.2) is 0 Å². The number of rotatable bonds is 4. The van der Waals surface area contributed by atoms with E-state index >= 15 is 0 Å². The molecule has 0 spiro atoms. The molecular formula is C21H28N2O. The first-order valence-electron chi connectivity index (χ1n) is 8.82. The standard InChI is InChI=1S/C21H28N2O/c1-21(2,3)16-23-11-12-24-20(15-23)19-10-9-18(14-22-19)13-17-7-5-4-6-8-17/h4-10,14,20H,11-13,15-16H2,1-3H3/t20-/m0/s1. The summed E-state index contributed by atoms with van der Waals surface area (Å²) in [5.74, 6) is 0. The molecule has 2 heterocycles. The molecule has 0 aliphatic carbocycles. The van der Waals surface area contributed by atoms with Gasteiger partial charge in [0.25, 0.3) is 0 Å². The van der Waals surface area contributed by atoms with E-state index in [1.165, 1.54) is 11.1 Å². The fraction of sp³-hybridized carbons (Fsp3) is 0.476. The molecule has 128 valence electrons. The Morgan fingerprint density at radius 3 is 2.54 bits per heavy atom. The van der Waals surface area contributed by atoms with Crippen molar-refractivity contribution in [2.24, 2.45) is 5.41 Å². The van der Waals surface area contributed by atoms with Crippen molar-refractivity contribution in [3.05, 3.63) is 65.5 Å². The molecule has 1 aromatic carbocycles. The lowest BCUT2D eigenvalue weighted by molar-refractivity contribution is -0.0407. The van der Waals surface area contributed by atoms with Gasteiger partial charge in [0.1, 0.15) is 6.10 Å². The molecule has 0 amide bonds. The van der Waals surface area contributed by atoms with Crippen LogP contribution in [-0.2, 0) is 11.2 Å². The van der Waals surface area contributed by atoms with E-state index < -0.39 is 0 Å². The number of benzene rings is 1. The normalized spacial score (nSPS) is 19.4. The molecule has 24 heavy (non-hydrogen) atoms. The Hall–Kier alpha value is -1.71. The SMILES string of the molecule is CC(C)(C)CN1CCO[C@H](c2ccc(Cc3ccccc3)cn2)C1. The molecule has 3 nitrogen and oxygen atoms in total. The number of nitrogens with zero attached hydrogens (tertiary/aromatic N) is 2. The van der Waals surface area contributed by atoms with Crippen molar-refractivity contribution in [2.75, 3.05) is 26.2 Å². The van der Waals surface area contributed by atoms with Crippen LogP contribution in [0.5, 0.6) is 0 Å². The third-order valence-electron chi connectivity index (χ3n) is 4.28. The maximum Gasteiger partial charge on any atom is 0.112 e. The monoisotopic (exact) mass is 324 g/mol. The van der Waals surface area contributed by atoms with Gasteiger partial charge in [-0.3, -0.25) is 9.88 Å². The molecule has 0 saturated carbocycles. The van der Waals surface area contributed by atoms with Crippen LogP contribution < -0.4 is 0 Å². The molecule has 2 aromatic rings. The van der Waals surface area contributed by atoms with Crippen molar-refractivity contribution in [1.82, 2.24) is 9.88 Å². The summed E-state index contributed by atoms with van der Waals surface area (Å²) in [5.41, 5.74) is 3.92. The van der Waals surface area contributed by atoms with Gasteiger partial charge >= 0.3 is 0 Å². The van der Waals surface area contributed by atoms with E-state index in [1.54, 1.807) is 0 Å². The molecular weight excluding hydrogens is 296 g/mol. The summed E-state index contributed by atoms with van der Waals surface area (Å²) in [6.45, 7) is 10.7. The van der Waals surface area contributed by atoms with Gasteiger partial charge in [-0.15, -0.1) is 0 Å². The van der Waals surface area contributed by atoms with Crippen LogP contribution in [0.1, 0.15) is 43.7 Å².